The molecular weight excluding hydrogens is 262 g/mol. The Labute approximate surface area is 125 Å². The first kappa shape index (κ1) is 14.1. The lowest BCUT2D eigenvalue weighted by Crippen LogP contribution is -2.14. The highest BCUT2D eigenvalue weighted by molar-refractivity contribution is 5.62. The normalized spacial score (nSPS) is 22.4. The zero-order chi connectivity index (χ0) is 14.8. The minimum absolute atomic E-state index is 0.448. The summed E-state index contributed by atoms with van der Waals surface area (Å²) < 4.78 is 5.45. The van der Waals surface area contributed by atoms with Crippen LogP contribution in [0.4, 0.5) is 5.69 Å². The van der Waals surface area contributed by atoms with E-state index in [-0.39, 0.29) is 0 Å². The summed E-state index contributed by atoms with van der Waals surface area (Å²) >= 11 is 0. The summed E-state index contributed by atoms with van der Waals surface area (Å²) in [6.07, 6.45) is 6.21. The van der Waals surface area contributed by atoms with Crippen molar-refractivity contribution in [3.8, 4) is 11.5 Å². The molecule has 0 amide bonds. The largest absolute Gasteiger partial charge is 0.398 e. The predicted molar refractivity (Wildman–Crippen MR) is 83.9 cm³/mol. The number of aromatic nitrogens is 2. The third kappa shape index (κ3) is 2.94. The average molecular weight is 285 g/mol. The van der Waals surface area contributed by atoms with Crippen molar-refractivity contribution in [2.24, 2.45) is 5.92 Å². The van der Waals surface area contributed by atoms with Crippen molar-refractivity contribution in [3.63, 3.8) is 0 Å². The predicted octanol–water partition coefficient (Wildman–Crippen LogP) is 4.31. The van der Waals surface area contributed by atoms with Crippen LogP contribution in [0.3, 0.4) is 0 Å². The van der Waals surface area contributed by atoms with Crippen LogP contribution < -0.4 is 5.73 Å². The van der Waals surface area contributed by atoms with Crippen LogP contribution in [0, 0.1) is 12.8 Å². The fourth-order valence-electron chi connectivity index (χ4n) is 3.19. The standard InChI is InChI=1S/C17H23N3O/c1-3-12-5-4-6-13(9-12)16-19-17(21-20-16)14-8-7-11(2)15(18)10-14/h7-8,10,12-13H,3-6,9,18H2,1-2H3. The zero-order valence-electron chi connectivity index (χ0n) is 12.8. The molecule has 2 atom stereocenters. The van der Waals surface area contributed by atoms with Gasteiger partial charge in [-0.25, -0.2) is 0 Å². The molecule has 1 aromatic heterocycles. The van der Waals surface area contributed by atoms with Crippen molar-refractivity contribution in [2.45, 2.75) is 51.9 Å². The van der Waals surface area contributed by atoms with Gasteiger partial charge in [0, 0.05) is 17.2 Å². The summed E-state index contributed by atoms with van der Waals surface area (Å²) in [5.41, 5.74) is 8.68. The van der Waals surface area contributed by atoms with Gasteiger partial charge in [0.2, 0.25) is 0 Å². The van der Waals surface area contributed by atoms with Crippen LogP contribution in [0.5, 0.6) is 0 Å². The molecule has 1 saturated carbocycles. The molecule has 1 heterocycles. The van der Waals surface area contributed by atoms with E-state index in [9.17, 15) is 0 Å². The average Bonchev–Trinajstić information content (AvgIpc) is 3.00. The zero-order valence-corrected chi connectivity index (χ0v) is 12.8. The number of hydrogen-bond donors (Lipinski definition) is 1. The van der Waals surface area contributed by atoms with Crippen molar-refractivity contribution in [1.29, 1.82) is 0 Å². The topological polar surface area (TPSA) is 64.9 Å². The van der Waals surface area contributed by atoms with Gasteiger partial charge in [-0.2, -0.15) is 4.98 Å². The van der Waals surface area contributed by atoms with E-state index >= 15 is 0 Å². The summed E-state index contributed by atoms with van der Waals surface area (Å²) in [6.45, 7) is 4.26. The third-order valence-electron chi connectivity index (χ3n) is 4.69. The third-order valence-corrected chi connectivity index (χ3v) is 4.69. The van der Waals surface area contributed by atoms with E-state index in [1.54, 1.807) is 0 Å². The highest BCUT2D eigenvalue weighted by Gasteiger charge is 2.26. The number of nitrogens with zero attached hydrogens (tertiary/aromatic N) is 2. The van der Waals surface area contributed by atoms with Crippen LogP contribution in [0.2, 0.25) is 0 Å². The number of anilines is 1. The Kier molecular flexibility index (Phi) is 3.95. The van der Waals surface area contributed by atoms with Crippen molar-refractivity contribution in [1.82, 2.24) is 10.1 Å². The lowest BCUT2D eigenvalue weighted by atomic mass is 9.80. The molecule has 1 aliphatic carbocycles. The Morgan fingerprint density at radius 1 is 1.33 bits per heavy atom. The molecule has 21 heavy (non-hydrogen) atoms. The van der Waals surface area contributed by atoms with Crippen LogP contribution in [0.25, 0.3) is 11.5 Å². The lowest BCUT2D eigenvalue weighted by Gasteiger charge is -2.26. The number of nitrogen functional groups attached to an aromatic ring is 1. The Bertz CT molecular complexity index is 620. The van der Waals surface area contributed by atoms with Gasteiger partial charge in [-0.1, -0.05) is 37.4 Å². The van der Waals surface area contributed by atoms with Crippen molar-refractivity contribution < 1.29 is 4.52 Å². The quantitative estimate of drug-likeness (QED) is 0.853. The van der Waals surface area contributed by atoms with Crippen molar-refractivity contribution >= 4 is 5.69 Å². The second kappa shape index (κ2) is 5.88. The smallest absolute Gasteiger partial charge is 0.258 e. The molecule has 0 bridgehead atoms. The maximum Gasteiger partial charge on any atom is 0.258 e. The number of hydrogen-bond acceptors (Lipinski definition) is 4. The minimum Gasteiger partial charge on any atom is -0.398 e. The van der Waals surface area contributed by atoms with E-state index in [1.165, 1.54) is 32.1 Å². The molecule has 0 spiro atoms. The van der Waals surface area contributed by atoms with E-state index in [0.717, 1.165) is 28.6 Å². The summed E-state index contributed by atoms with van der Waals surface area (Å²) in [6, 6.07) is 5.88. The number of nitrogens with two attached hydrogens (primary N) is 1. The fourth-order valence-corrected chi connectivity index (χ4v) is 3.19. The summed E-state index contributed by atoms with van der Waals surface area (Å²) in [5, 5.41) is 4.21. The number of aryl methyl sites for hydroxylation is 1. The molecule has 112 valence electrons. The molecule has 4 nitrogen and oxygen atoms in total. The molecule has 0 radical (unpaired) electrons. The van der Waals surface area contributed by atoms with Gasteiger partial charge in [-0.15, -0.1) is 0 Å². The van der Waals surface area contributed by atoms with E-state index in [0.29, 0.717) is 11.8 Å². The van der Waals surface area contributed by atoms with Gasteiger partial charge >= 0.3 is 0 Å². The van der Waals surface area contributed by atoms with Crippen molar-refractivity contribution in [2.75, 3.05) is 5.73 Å². The molecule has 1 aliphatic rings. The van der Waals surface area contributed by atoms with E-state index in [2.05, 4.69) is 17.1 Å². The van der Waals surface area contributed by atoms with Gasteiger partial charge in [-0.05, 0) is 43.4 Å². The summed E-state index contributed by atoms with van der Waals surface area (Å²) in [5.74, 6) is 2.70. The van der Waals surface area contributed by atoms with Crippen molar-refractivity contribution in [3.05, 3.63) is 29.6 Å². The van der Waals surface area contributed by atoms with Gasteiger partial charge in [-0.3, -0.25) is 0 Å². The second-order valence-electron chi connectivity index (χ2n) is 6.17. The van der Waals surface area contributed by atoms with Crippen LogP contribution in [-0.2, 0) is 0 Å². The first-order chi connectivity index (χ1) is 10.2. The molecule has 2 aromatic rings. The highest BCUT2D eigenvalue weighted by Crippen LogP contribution is 2.37. The van der Waals surface area contributed by atoms with Gasteiger partial charge in [0.1, 0.15) is 0 Å². The van der Waals surface area contributed by atoms with Gasteiger partial charge in [0.05, 0.1) is 0 Å². The lowest BCUT2D eigenvalue weighted by molar-refractivity contribution is 0.300. The van der Waals surface area contributed by atoms with Gasteiger partial charge in [0.15, 0.2) is 5.82 Å². The van der Waals surface area contributed by atoms with E-state index in [1.807, 2.05) is 25.1 Å². The monoisotopic (exact) mass is 285 g/mol. The van der Waals surface area contributed by atoms with Gasteiger partial charge < -0.3 is 10.3 Å². The van der Waals surface area contributed by atoms with E-state index in [4.69, 9.17) is 10.3 Å². The molecule has 1 fully saturated rings. The number of rotatable bonds is 3. The second-order valence-corrected chi connectivity index (χ2v) is 6.17. The fraction of sp³-hybridized carbons (Fsp3) is 0.529. The summed E-state index contributed by atoms with van der Waals surface area (Å²) in [7, 11) is 0. The summed E-state index contributed by atoms with van der Waals surface area (Å²) in [4.78, 5) is 4.61. The number of benzene rings is 1. The Morgan fingerprint density at radius 2 is 2.19 bits per heavy atom. The molecule has 1 aromatic carbocycles. The molecule has 2 N–H and O–H groups in total. The van der Waals surface area contributed by atoms with E-state index < -0.39 is 0 Å². The molecule has 0 saturated heterocycles. The Balaban J connectivity index is 1.81. The first-order valence-corrected chi connectivity index (χ1v) is 7.87. The maximum atomic E-state index is 5.95. The molecular formula is C17H23N3O. The first-order valence-electron chi connectivity index (χ1n) is 7.87. The Morgan fingerprint density at radius 3 is 2.95 bits per heavy atom. The van der Waals surface area contributed by atoms with Gasteiger partial charge in [0.25, 0.3) is 5.89 Å². The van der Waals surface area contributed by atoms with Crippen LogP contribution in [0.15, 0.2) is 22.7 Å². The van der Waals surface area contributed by atoms with Crippen LogP contribution in [-0.4, -0.2) is 10.1 Å². The highest BCUT2D eigenvalue weighted by atomic mass is 16.5. The molecule has 2 unspecified atom stereocenters. The molecule has 0 aliphatic heterocycles. The van der Waals surface area contributed by atoms with Crippen LogP contribution >= 0.6 is 0 Å². The molecule has 3 rings (SSSR count). The SMILES string of the molecule is CCC1CCCC(c2noc(-c3ccc(C)c(N)c3)n2)C1. The Hall–Kier alpha value is -1.84. The van der Waals surface area contributed by atoms with Crippen LogP contribution in [0.1, 0.15) is 56.3 Å². The minimum atomic E-state index is 0.448. The molecule has 4 heteroatoms. The maximum absolute atomic E-state index is 5.95.